The zero-order chi connectivity index (χ0) is 26.3. The molecule has 0 bridgehead atoms. The molecular weight excluding hydrogens is 490 g/mol. The Morgan fingerprint density at radius 2 is 1.59 bits per heavy atom. The average Bonchev–Trinajstić information content (AvgIpc) is 3.44. The number of sulfonamides is 1. The lowest BCUT2D eigenvalue weighted by Gasteiger charge is -2.25. The number of hydrogen-bond acceptors (Lipinski definition) is 6. The lowest BCUT2D eigenvalue weighted by molar-refractivity contribution is -0.119. The monoisotopic (exact) mass is 523 g/mol. The molecule has 1 amide bonds. The van der Waals surface area contributed by atoms with E-state index in [0.717, 1.165) is 29.5 Å². The van der Waals surface area contributed by atoms with Crippen LogP contribution in [0.4, 0.5) is 5.69 Å². The fourth-order valence-corrected chi connectivity index (χ4v) is 5.87. The molecular formula is C28H33N3O5S. The van der Waals surface area contributed by atoms with Crippen LogP contribution in [0.15, 0.2) is 77.7 Å². The maximum atomic E-state index is 13.6. The Balaban J connectivity index is 1.52. The number of carbonyl (C=O) groups is 1. The Morgan fingerprint density at radius 1 is 0.892 bits per heavy atom. The molecule has 0 unspecified atom stereocenters. The summed E-state index contributed by atoms with van der Waals surface area (Å²) < 4.78 is 38.9. The fourth-order valence-electron chi connectivity index (χ4n) is 4.44. The molecule has 0 saturated carbocycles. The standard InChI is InChI=1S/C28H33N3O5S/c1-35-26-14-13-24(18-27(26)36-2)31(37(33,34)25-11-4-3-5-12-25)21-28(32)29-19-22-9-8-10-23(17-22)20-30-15-6-7-16-30/h3-5,8-14,17-18H,6-7,15-16,19-21H2,1-2H3,(H,29,32). The van der Waals surface area contributed by atoms with Gasteiger partial charge in [-0.2, -0.15) is 0 Å². The summed E-state index contributed by atoms with van der Waals surface area (Å²) in [5, 5.41) is 2.88. The molecule has 1 fully saturated rings. The van der Waals surface area contributed by atoms with Crippen LogP contribution >= 0.6 is 0 Å². The highest BCUT2D eigenvalue weighted by molar-refractivity contribution is 7.92. The summed E-state index contributed by atoms with van der Waals surface area (Å²) >= 11 is 0. The molecule has 8 nitrogen and oxygen atoms in total. The van der Waals surface area contributed by atoms with Crippen LogP contribution in [0.3, 0.4) is 0 Å². The first-order chi connectivity index (χ1) is 17.9. The maximum Gasteiger partial charge on any atom is 0.264 e. The van der Waals surface area contributed by atoms with Gasteiger partial charge in [0.2, 0.25) is 5.91 Å². The van der Waals surface area contributed by atoms with Crippen LogP contribution in [0.25, 0.3) is 0 Å². The Kier molecular flexibility index (Phi) is 8.68. The minimum atomic E-state index is -4.03. The molecule has 0 aliphatic carbocycles. The van der Waals surface area contributed by atoms with E-state index in [-0.39, 0.29) is 11.4 Å². The van der Waals surface area contributed by atoms with Gasteiger partial charge in [0.05, 0.1) is 24.8 Å². The fraction of sp³-hybridized carbons (Fsp3) is 0.321. The number of benzene rings is 3. The quantitative estimate of drug-likeness (QED) is 0.411. The number of amides is 1. The molecule has 1 saturated heterocycles. The lowest BCUT2D eigenvalue weighted by atomic mass is 10.1. The summed E-state index contributed by atoms with van der Waals surface area (Å²) in [5.41, 5.74) is 2.46. The van der Waals surface area contributed by atoms with Crippen LogP contribution in [0, 0.1) is 0 Å². The third-order valence-electron chi connectivity index (χ3n) is 6.36. The average molecular weight is 524 g/mol. The minimum absolute atomic E-state index is 0.0900. The molecule has 37 heavy (non-hydrogen) atoms. The van der Waals surface area contributed by atoms with Crippen molar-refractivity contribution in [3.63, 3.8) is 0 Å². The summed E-state index contributed by atoms with van der Waals surface area (Å²) in [7, 11) is -1.05. The van der Waals surface area contributed by atoms with Crippen LogP contribution in [-0.4, -0.2) is 53.1 Å². The molecule has 3 aromatic rings. The Labute approximate surface area is 218 Å². The summed E-state index contributed by atoms with van der Waals surface area (Å²) in [6.07, 6.45) is 2.47. The molecule has 0 radical (unpaired) electrons. The predicted octanol–water partition coefficient (Wildman–Crippen LogP) is 3.81. The van der Waals surface area contributed by atoms with E-state index in [2.05, 4.69) is 22.3 Å². The van der Waals surface area contributed by atoms with E-state index in [4.69, 9.17) is 9.47 Å². The van der Waals surface area contributed by atoms with Gasteiger partial charge in [-0.15, -0.1) is 0 Å². The van der Waals surface area contributed by atoms with Crippen molar-refractivity contribution in [2.24, 2.45) is 0 Å². The number of nitrogens with zero attached hydrogens (tertiary/aromatic N) is 2. The van der Waals surface area contributed by atoms with Crippen LogP contribution in [0.1, 0.15) is 24.0 Å². The van der Waals surface area contributed by atoms with Crippen molar-refractivity contribution in [3.8, 4) is 11.5 Å². The Bertz CT molecular complexity index is 1310. The number of likely N-dealkylation sites (tertiary alicyclic amines) is 1. The highest BCUT2D eigenvalue weighted by Crippen LogP contribution is 2.33. The molecule has 1 aliphatic heterocycles. The second-order valence-electron chi connectivity index (χ2n) is 8.94. The van der Waals surface area contributed by atoms with Crippen LogP contribution in [0.2, 0.25) is 0 Å². The number of rotatable bonds is 11. The largest absolute Gasteiger partial charge is 0.493 e. The van der Waals surface area contributed by atoms with Gasteiger partial charge in [0.1, 0.15) is 6.54 Å². The van der Waals surface area contributed by atoms with Crippen molar-refractivity contribution < 1.29 is 22.7 Å². The normalized spacial score (nSPS) is 13.8. The second kappa shape index (κ2) is 12.1. The third-order valence-corrected chi connectivity index (χ3v) is 8.15. The number of hydrogen-bond donors (Lipinski definition) is 1. The summed E-state index contributed by atoms with van der Waals surface area (Å²) in [6.45, 7) is 3.04. The molecule has 3 aromatic carbocycles. The van der Waals surface area contributed by atoms with Crippen LogP contribution in [-0.2, 0) is 27.9 Å². The third kappa shape index (κ3) is 6.61. The van der Waals surface area contributed by atoms with Gasteiger partial charge in [-0.3, -0.25) is 14.0 Å². The highest BCUT2D eigenvalue weighted by Gasteiger charge is 2.28. The molecule has 1 heterocycles. The van der Waals surface area contributed by atoms with Crippen molar-refractivity contribution in [1.82, 2.24) is 10.2 Å². The van der Waals surface area contributed by atoms with Crippen molar-refractivity contribution in [2.75, 3.05) is 38.2 Å². The van der Waals surface area contributed by atoms with Gasteiger partial charge in [0.15, 0.2) is 11.5 Å². The summed E-state index contributed by atoms with van der Waals surface area (Å²) in [5.74, 6) is 0.407. The van der Waals surface area contributed by atoms with Gasteiger partial charge in [-0.25, -0.2) is 8.42 Å². The van der Waals surface area contributed by atoms with Gasteiger partial charge < -0.3 is 14.8 Å². The molecule has 0 atom stereocenters. The minimum Gasteiger partial charge on any atom is -0.493 e. The SMILES string of the molecule is COc1ccc(N(CC(=O)NCc2cccc(CN3CCCC3)c2)S(=O)(=O)c2ccccc2)cc1OC. The first kappa shape index (κ1) is 26.5. The highest BCUT2D eigenvalue weighted by atomic mass is 32.2. The van der Waals surface area contributed by atoms with Crippen molar-refractivity contribution in [1.29, 1.82) is 0 Å². The second-order valence-corrected chi connectivity index (χ2v) is 10.8. The molecule has 0 aromatic heterocycles. The van der Waals surface area contributed by atoms with E-state index in [1.54, 1.807) is 36.4 Å². The van der Waals surface area contributed by atoms with Gasteiger partial charge in [-0.05, 0) is 61.3 Å². The predicted molar refractivity (Wildman–Crippen MR) is 143 cm³/mol. The summed E-state index contributed by atoms with van der Waals surface area (Å²) in [6, 6.07) is 20.9. The number of anilines is 1. The number of carbonyl (C=O) groups excluding carboxylic acids is 1. The molecule has 1 N–H and O–H groups in total. The van der Waals surface area contributed by atoms with E-state index >= 15 is 0 Å². The zero-order valence-electron chi connectivity index (χ0n) is 21.2. The van der Waals surface area contributed by atoms with Crippen molar-refractivity contribution in [2.45, 2.75) is 30.8 Å². The van der Waals surface area contributed by atoms with Gasteiger partial charge in [0, 0.05) is 19.2 Å². The van der Waals surface area contributed by atoms with Crippen molar-refractivity contribution >= 4 is 21.6 Å². The number of nitrogens with one attached hydrogen (secondary N) is 1. The number of ether oxygens (including phenoxy) is 2. The number of methoxy groups -OCH3 is 2. The first-order valence-electron chi connectivity index (χ1n) is 12.3. The zero-order valence-corrected chi connectivity index (χ0v) is 22.0. The Morgan fingerprint density at radius 3 is 2.30 bits per heavy atom. The van der Waals surface area contributed by atoms with E-state index in [0.29, 0.717) is 23.7 Å². The van der Waals surface area contributed by atoms with Crippen LogP contribution < -0.4 is 19.1 Å². The van der Waals surface area contributed by atoms with Gasteiger partial charge >= 0.3 is 0 Å². The van der Waals surface area contributed by atoms with E-state index < -0.39 is 15.9 Å². The van der Waals surface area contributed by atoms with Crippen LogP contribution in [0.5, 0.6) is 11.5 Å². The maximum absolute atomic E-state index is 13.6. The van der Waals surface area contributed by atoms with Gasteiger partial charge in [0.25, 0.3) is 10.0 Å². The van der Waals surface area contributed by atoms with E-state index in [1.165, 1.54) is 44.8 Å². The van der Waals surface area contributed by atoms with Gasteiger partial charge in [-0.1, -0.05) is 42.5 Å². The van der Waals surface area contributed by atoms with Crippen molar-refractivity contribution in [3.05, 3.63) is 83.9 Å². The van der Waals surface area contributed by atoms with E-state index in [1.807, 2.05) is 12.1 Å². The molecule has 1 aliphatic rings. The Hall–Kier alpha value is -3.56. The topological polar surface area (TPSA) is 88.2 Å². The lowest BCUT2D eigenvalue weighted by Crippen LogP contribution is -2.40. The first-order valence-corrected chi connectivity index (χ1v) is 13.7. The molecule has 196 valence electrons. The summed E-state index contributed by atoms with van der Waals surface area (Å²) in [4.78, 5) is 15.6. The molecule has 9 heteroatoms. The smallest absolute Gasteiger partial charge is 0.264 e. The van der Waals surface area contributed by atoms with E-state index in [9.17, 15) is 13.2 Å². The molecule has 4 rings (SSSR count). The molecule has 0 spiro atoms.